The second-order valence-electron chi connectivity index (χ2n) is 9.77. The van der Waals surface area contributed by atoms with Crippen molar-refractivity contribution in [3.05, 3.63) is 65.4 Å². The summed E-state index contributed by atoms with van der Waals surface area (Å²) in [5.41, 5.74) is 7.70. The van der Waals surface area contributed by atoms with Gasteiger partial charge >= 0.3 is 0 Å². The number of carbonyl (C=O) groups excluding carboxylic acids is 1. The molecule has 1 saturated heterocycles. The first-order valence-electron chi connectivity index (χ1n) is 13.8. The number of primary amides is 1. The van der Waals surface area contributed by atoms with Crippen LogP contribution in [-0.4, -0.2) is 74.9 Å². The molecule has 3 rings (SSSR count). The minimum Gasteiger partial charge on any atom is -0.368 e. The van der Waals surface area contributed by atoms with Crippen LogP contribution in [0.15, 0.2) is 59.6 Å². The van der Waals surface area contributed by atoms with Crippen LogP contribution < -0.4 is 11.1 Å². The van der Waals surface area contributed by atoms with Gasteiger partial charge in [0.25, 0.3) is 0 Å². The first kappa shape index (κ1) is 32.3. The molecule has 2 atom stereocenters. The lowest BCUT2D eigenvalue weighted by atomic mass is 10.0. The number of carbonyl (C=O) groups is 1. The van der Waals surface area contributed by atoms with E-state index in [1.165, 1.54) is 5.57 Å². The maximum absolute atomic E-state index is 12.0. The molecule has 39 heavy (non-hydrogen) atoms. The number of hydrogen-bond donors (Lipinski definition) is 2. The molecule has 1 aromatic carbocycles. The van der Waals surface area contributed by atoms with Crippen molar-refractivity contribution in [2.45, 2.75) is 53.6 Å². The van der Waals surface area contributed by atoms with Crippen LogP contribution in [0, 0.1) is 5.92 Å². The summed E-state index contributed by atoms with van der Waals surface area (Å²) in [6.07, 6.45) is 8.70. The standard InChI is InChI=1S/C28H40N6O2S.C2H6/c1-6-9-22(13-12-21(4)37(5)36)18-33-14-16-34(17-15-33)19-25-30-24-11-8-7-10-23(24)28(31-25)32-26(20(2)3)27(29)35;1-2/h7-13,20,26H,4,6,14-19H2,1-3,5H3,(H2,29,35)(H,30,31,32);1-2H3/b13-12-,22-9+;. The molecule has 1 fully saturated rings. The van der Waals surface area contributed by atoms with E-state index >= 15 is 0 Å². The van der Waals surface area contributed by atoms with E-state index in [0.29, 0.717) is 17.3 Å². The Morgan fingerprint density at radius 2 is 1.77 bits per heavy atom. The average Bonchev–Trinajstić information content (AvgIpc) is 2.92. The van der Waals surface area contributed by atoms with Crippen molar-refractivity contribution in [2.24, 2.45) is 11.7 Å². The molecule has 214 valence electrons. The predicted molar refractivity (Wildman–Crippen MR) is 165 cm³/mol. The average molecular weight is 555 g/mol. The third-order valence-corrected chi connectivity index (χ3v) is 7.34. The van der Waals surface area contributed by atoms with Gasteiger partial charge in [0, 0.05) is 60.1 Å². The van der Waals surface area contributed by atoms with E-state index in [2.05, 4.69) is 34.7 Å². The number of anilines is 1. The summed E-state index contributed by atoms with van der Waals surface area (Å²) >= 11 is 0. The van der Waals surface area contributed by atoms with E-state index in [1.807, 2.05) is 64.1 Å². The maximum Gasteiger partial charge on any atom is 0.240 e. The molecule has 0 bridgehead atoms. The van der Waals surface area contributed by atoms with E-state index in [1.54, 1.807) is 6.26 Å². The van der Waals surface area contributed by atoms with E-state index in [-0.39, 0.29) is 5.92 Å². The van der Waals surface area contributed by atoms with Crippen LogP contribution in [0.5, 0.6) is 0 Å². The van der Waals surface area contributed by atoms with Gasteiger partial charge in [0.15, 0.2) is 0 Å². The number of piperazine rings is 1. The number of para-hydroxylation sites is 1. The molecule has 8 nitrogen and oxygen atoms in total. The van der Waals surface area contributed by atoms with Crippen molar-refractivity contribution in [1.82, 2.24) is 19.8 Å². The summed E-state index contributed by atoms with van der Waals surface area (Å²) in [6, 6.07) is 7.32. The smallest absolute Gasteiger partial charge is 0.240 e. The minimum atomic E-state index is -1.05. The second-order valence-corrected chi connectivity index (χ2v) is 11.2. The zero-order chi connectivity index (χ0) is 28.9. The van der Waals surface area contributed by atoms with Gasteiger partial charge in [0.1, 0.15) is 17.7 Å². The second kappa shape index (κ2) is 16.3. The fraction of sp³-hybridized carbons (Fsp3) is 0.500. The lowest BCUT2D eigenvalue weighted by molar-refractivity contribution is -0.119. The zero-order valence-corrected chi connectivity index (χ0v) is 25.3. The van der Waals surface area contributed by atoms with Gasteiger partial charge in [-0.1, -0.05) is 65.5 Å². The molecule has 0 radical (unpaired) electrons. The topological polar surface area (TPSA) is 104 Å². The quantitative estimate of drug-likeness (QED) is 0.373. The number of aromatic nitrogens is 2. The Kier molecular flexibility index (Phi) is 13.5. The third-order valence-electron chi connectivity index (χ3n) is 6.47. The first-order valence-corrected chi connectivity index (χ1v) is 15.4. The largest absolute Gasteiger partial charge is 0.368 e. The van der Waals surface area contributed by atoms with E-state index < -0.39 is 22.7 Å². The van der Waals surface area contributed by atoms with Gasteiger partial charge in [0.2, 0.25) is 5.91 Å². The molecule has 2 unspecified atom stereocenters. The van der Waals surface area contributed by atoms with Crippen molar-refractivity contribution < 1.29 is 9.00 Å². The molecule has 1 aromatic heterocycles. The molecule has 0 saturated carbocycles. The summed E-state index contributed by atoms with van der Waals surface area (Å²) in [6.45, 7) is 19.1. The molecule has 1 aliphatic rings. The number of fused-ring (bicyclic) bond motifs is 1. The first-order chi connectivity index (χ1) is 18.7. The van der Waals surface area contributed by atoms with Crippen LogP contribution in [0.2, 0.25) is 0 Å². The van der Waals surface area contributed by atoms with Crippen molar-refractivity contribution in [3.63, 3.8) is 0 Å². The number of nitrogens with zero attached hydrogens (tertiary/aromatic N) is 4. The molecule has 0 spiro atoms. The fourth-order valence-electron chi connectivity index (χ4n) is 4.33. The normalized spacial score (nSPS) is 16.6. The van der Waals surface area contributed by atoms with Crippen LogP contribution in [0.3, 0.4) is 0 Å². The van der Waals surface area contributed by atoms with Gasteiger partial charge in [-0.15, -0.1) is 0 Å². The van der Waals surface area contributed by atoms with Crippen molar-refractivity contribution in [3.8, 4) is 0 Å². The highest BCUT2D eigenvalue weighted by molar-refractivity contribution is 7.88. The summed E-state index contributed by atoms with van der Waals surface area (Å²) in [4.78, 5) is 27.0. The minimum absolute atomic E-state index is 0.0337. The molecular formula is C30H46N6O2S. The van der Waals surface area contributed by atoms with Gasteiger partial charge < -0.3 is 11.1 Å². The lowest BCUT2D eigenvalue weighted by Crippen LogP contribution is -2.46. The molecule has 1 aliphatic heterocycles. The summed E-state index contributed by atoms with van der Waals surface area (Å²) in [5.74, 6) is 1.01. The van der Waals surface area contributed by atoms with E-state index in [0.717, 1.165) is 55.9 Å². The van der Waals surface area contributed by atoms with E-state index in [9.17, 15) is 9.00 Å². The Hall–Kier alpha value is -2.88. The lowest BCUT2D eigenvalue weighted by Gasteiger charge is -2.34. The Balaban J connectivity index is 0.00000260. The Bertz CT molecular complexity index is 1190. The summed E-state index contributed by atoms with van der Waals surface area (Å²) in [7, 11) is -1.05. The van der Waals surface area contributed by atoms with Crippen molar-refractivity contribution >= 4 is 33.4 Å². The molecule has 3 N–H and O–H groups in total. The Labute approximate surface area is 236 Å². The van der Waals surface area contributed by atoms with Crippen LogP contribution in [-0.2, 0) is 22.1 Å². The van der Waals surface area contributed by atoms with Gasteiger partial charge in [-0.3, -0.25) is 18.8 Å². The molecule has 2 aromatic rings. The molecule has 2 heterocycles. The highest BCUT2D eigenvalue weighted by Gasteiger charge is 2.23. The number of nitrogens with one attached hydrogen (secondary N) is 1. The molecular weight excluding hydrogens is 508 g/mol. The van der Waals surface area contributed by atoms with Crippen molar-refractivity contribution in [2.75, 3.05) is 44.3 Å². The SMILES string of the molecule is C=C(/C=C\C(=C/CC)CN1CCN(Cc2nc(NC(C(N)=O)C(C)C)c3ccccc3n2)CC1)S(C)=O.CC. The number of rotatable bonds is 12. The van der Waals surface area contributed by atoms with Gasteiger partial charge in [-0.05, 0) is 36.1 Å². The van der Waals surface area contributed by atoms with Crippen LogP contribution in [0.25, 0.3) is 10.9 Å². The summed E-state index contributed by atoms with van der Waals surface area (Å²) < 4.78 is 11.6. The van der Waals surface area contributed by atoms with Crippen LogP contribution >= 0.6 is 0 Å². The highest BCUT2D eigenvalue weighted by atomic mass is 32.2. The number of nitrogens with two attached hydrogens (primary N) is 1. The van der Waals surface area contributed by atoms with Gasteiger partial charge in [0.05, 0.1) is 12.1 Å². The third kappa shape index (κ3) is 9.98. The number of amides is 1. The predicted octanol–water partition coefficient (Wildman–Crippen LogP) is 4.48. The number of hydrogen-bond acceptors (Lipinski definition) is 7. The zero-order valence-electron chi connectivity index (χ0n) is 24.4. The number of benzene rings is 1. The highest BCUT2D eigenvalue weighted by Crippen LogP contribution is 2.23. The van der Waals surface area contributed by atoms with Crippen molar-refractivity contribution in [1.29, 1.82) is 0 Å². The molecule has 1 amide bonds. The van der Waals surface area contributed by atoms with Gasteiger partial charge in [-0.25, -0.2) is 9.97 Å². The van der Waals surface area contributed by atoms with Crippen LogP contribution in [0.4, 0.5) is 5.82 Å². The number of allylic oxidation sites excluding steroid dienone is 2. The molecule has 0 aliphatic carbocycles. The van der Waals surface area contributed by atoms with Crippen LogP contribution in [0.1, 0.15) is 46.9 Å². The Morgan fingerprint density at radius 3 is 2.36 bits per heavy atom. The van der Waals surface area contributed by atoms with E-state index in [4.69, 9.17) is 15.7 Å². The summed E-state index contributed by atoms with van der Waals surface area (Å²) in [5, 5.41) is 4.15. The fourth-order valence-corrected chi connectivity index (χ4v) is 4.59. The molecule has 9 heteroatoms. The maximum atomic E-state index is 12.0. The van der Waals surface area contributed by atoms with Gasteiger partial charge in [-0.2, -0.15) is 0 Å². The monoisotopic (exact) mass is 554 g/mol. The Morgan fingerprint density at radius 1 is 1.13 bits per heavy atom.